The molecule has 140 valence electrons. The molecule has 0 aliphatic rings. The molecule has 0 rings (SSSR count). The topological polar surface area (TPSA) is 40.5 Å². The van der Waals surface area contributed by atoms with Gasteiger partial charge in [0.1, 0.15) is 0 Å². The minimum absolute atomic E-state index is 0.0603. The van der Waals surface area contributed by atoms with Crippen molar-refractivity contribution in [2.24, 2.45) is 5.92 Å². The van der Waals surface area contributed by atoms with Gasteiger partial charge in [-0.1, -0.05) is 19.8 Å². The van der Waals surface area contributed by atoms with E-state index in [0.29, 0.717) is 6.42 Å². The van der Waals surface area contributed by atoms with Crippen molar-refractivity contribution < 1.29 is 45.3 Å². The highest BCUT2D eigenvalue weighted by Gasteiger charge is 2.79. The van der Waals surface area contributed by atoms with Crippen molar-refractivity contribution in [3.05, 3.63) is 0 Å². The summed E-state index contributed by atoms with van der Waals surface area (Å²) in [6.07, 6.45) is -3.80. The number of aliphatic hydroxyl groups excluding tert-OH is 2. The van der Waals surface area contributed by atoms with E-state index in [9.17, 15) is 35.1 Å². The molecule has 0 radical (unpaired) electrons. The van der Waals surface area contributed by atoms with Gasteiger partial charge >= 0.3 is 23.7 Å². The third-order valence-electron chi connectivity index (χ3n) is 3.47. The zero-order valence-electron chi connectivity index (χ0n) is 12.4. The molecule has 0 atom stereocenters. The van der Waals surface area contributed by atoms with Gasteiger partial charge in [-0.15, -0.1) is 0 Å². The predicted octanol–water partition coefficient (Wildman–Crippen LogP) is 4.10. The molecule has 0 bridgehead atoms. The predicted molar refractivity (Wildman–Crippen MR) is 66.2 cm³/mol. The zero-order chi connectivity index (χ0) is 18.5. The average Bonchev–Trinajstić information content (AvgIpc) is 2.44. The standard InChI is InChI=1S/C13H20F8O2/c1-2-3-4-5-10(14,15)12(18,19)13(20,21)11(16,17)6-9(7-22)8-23/h9,22-23H,2-8H2,1H3. The van der Waals surface area contributed by atoms with Crippen molar-refractivity contribution in [2.45, 2.75) is 62.7 Å². The minimum atomic E-state index is -6.34. The van der Waals surface area contributed by atoms with Gasteiger partial charge in [0, 0.05) is 32.0 Å². The SMILES string of the molecule is CCCCCC(F)(F)C(F)(F)C(F)(F)C(F)(F)CC(CO)CO. The van der Waals surface area contributed by atoms with E-state index in [4.69, 9.17) is 10.2 Å². The second kappa shape index (κ2) is 7.96. The summed E-state index contributed by atoms with van der Waals surface area (Å²) in [7, 11) is 0. The number of rotatable bonds is 11. The highest BCUT2D eigenvalue weighted by Crippen LogP contribution is 2.55. The van der Waals surface area contributed by atoms with Gasteiger partial charge in [0.05, 0.1) is 0 Å². The van der Waals surface area contributed by atoms with Crippen LogP contribution in [0.25, 0.3) is 0 Å². The molecule has 0 heterocycles. The highest BCUT2D eigenvalue weighted by molar-refractivity contribution is 5.03. The molecule has 0 saturated heterocycles. The first kappa shape index (κ1) is 22.4. The summed E-state index contributed by atoms with van der Waals surface area (Å²) in [5.74, 6) is -25.3. The second-order valence-corrected chi connectivity index (χ2v) is 5.45. The molecule has 10 heteroatoms. The molecule has 0 saturated carbocycles. The first-order chi connectivity index (χ1) is 10.3. The Bertz CT molecular complexity index is 356. The van der Waals surface area contributed by atoms with Crippen LogP contribution in [0.5, 0.6) is 0 Å². The van der Waals surface area contributed by atoms with Crippen LogP contribution in [-0.2, 0) is 0 Å². The fraction of sp³-hybridized carbons (Fsp3) is 1.00. The molecule has 0 aromatic rings. The van der Waals surface area contributed by atoms with Crippen LogP contribution in [0.3, 0.4) is 0 Å². The monoisotopic (exact) mass is 360 g/mol. The Balaban J connectivity index is 5.40. The Labute approximate surface area is 128 Å². The van der Waals surface area contributed by atoms with Crippen LogP contribution in [0, 0.1) is 5.92 Å². The summed E-state index contributed by atoms with van der Waals surface area (Å²) in [6.45, 7) is -0.801. The van der Waals surface area contributed by atoms with E-state index in [-0.39, 0.29) is 6.42 Å². The van der Waals surface area contributed by atoms with Gasteiger partial charge in [-0.25, -0.2) is 0 Å². The molecule has 0 aromatic heterocycles. The fourth-order valence-corrected chi connectivity index (χ4v) is 1.89. The summed E-state index contributed by atoms with van der Waals surface area (Å²) in [4.78, 5) is 0. The van der Waals surface area contributed by atoms with Crippen LogP contribution in [0.2, 0.25) is 0 Å². The summed E-state index contributed by atoms with van der Waals surface area (Å²) in [5.41, 5.74) is 0. The van der Waals surface area contributed by atoms with E-state index >= 15 is 0 Å². The van der Waals surface area contributed by atoms with Crippen molar-refractivity contribution in [3.8, 4) is 0 Å². The Hall–Kier alpha value is -0.640. The van der Waals surface area contributed by atoms with E-state index in [1.165, 1.54) is 0 Å². The molecule has 2 N–H and O–H groups in total. The molecule has 0 spiro atoms. The van der Waals surface area contributed by atoms with Crippen LogP contribution >= 0.6 is 0 Å². The Morgan fingerprint density at radius 3 is 1.57 bits per heavy atom. The van der Waals surface area contributed by atoms with Crippen molar-refractivity contribution >= 4 is 0 Å². The van der Waals surface area contributed by atoms with Gasteiger partial charge < -0.3 is 10.2 Å². The molecule has 0 amide bonds. The first-order valence-electron chi connectivity index (χ1n) is 7.03. The Kier molecular flexibility index (Phi) is 7.73. The number of halogens is 8. The molecular weight excluding hydrogens is 340 g/mol. The lowest BCUT2D eigenvalue weighted by Gasteiger charge is -2.37. The maximum Gasteiger partial charge on any atom is 0.378 e. The quantitative estimate of drug-likeness (QED) is 0.430. The van der Waals surface area contributed by atoms with E-state index in [1.807, 2.05) is 0 Å². The molecule has 23 heavy (non-hydrogen) atoms. The maximum atomic E-state index is 13.5. The normalized spacial score (nSPS) is 14.6. The van der Waals surface area contributed by atoms with Gasteiger partial charge in [-0.2, -0.15) is 35.1 Å². The molecule has 0 fully saturated rings. The number of alkyl halides is 8. The molecular formula is C13H20F8O2. The molecule has 0 unspecified atom stereocenters. The van der Waals surface area contributed by atoms with Crippen molar-refractivity contribution in [3.63, 3.8) is 0 Å². The molecule has 0 aromatic carbocycles. The summed E-state index contributed by atoms with van der Waals surface area (Å²) in [6, 6.07) is 0. The third kappa shape index (κ3) is 4.68. The molecule has 0 aliphatic carbocycles. The number of hydrogen-bond acceptors (Lipinski definition) is 2. The van der Waals surface area contributed by atoms with Gasteiger partial charge in [0.15, 0.2) is 0 Å². The maximum absolute atomic E-state index is 13.5. The van der Waals surface area contributed by atoms with Crippen LogP contribution in [0.4, 0.5) is 35.1 Å². The summed E-state index contributed by atoms with van der Waals surface area (Å²) in [5, 5.41) is 17.2. The van der Waals surface area contributed by atoms with Crippen LogP contribution < -0.4 is 0 Å². The second-order valence-electron chi connectivity index (χ2n) is 5.45. The van der Waals surface area contributed by atoms with Crippen LogP contribution in [-0.4, -0.2) is 47.1 Å². The average molecular weight is 360 g/mol. The number of hydrogen-bond donors (Lipinski definition) is 2. The zero-order valence-corrected chi connectivity index (χ0v) is 12.4. The number of aliphatic hydroxyl groups is 2. The third-order valence-corrected chi connectivity index (χ3v) is 3.47. The first-order valence-corrected chi connectivity index (χ1v) is 7.03. The van der Waals surface area contributed by atoms with E-state index < -0.39 is 62.1 Å². The number of unbranched alkanes of at least 4 members (excludes halogenated alkanes) is 2. The van der Waals surface area contributed by atoms with Crippen molar-refractivity contribution in [2.75, 3.05) is 13.2 Å². The Morgan fingerprint density at radius 2 is 1.17 bits per heavy atom. The largest absolute Gasteiger partial charge is 0.396 e. The van der Waals surface area contributed by atoms with Gasteiger partial charge in [-0.05, 0) is 6.42 Å². The van der Waals surface area contributed by atoms with Crippen LogP contribution in [0.1, 0.15) is 39.0 Å². The minimum Gasteiger partial charge on any atom is -0.396 e. The van der Waals surface area contributed by atoms with Gasteiger partial charge in [-0.3, -0.25) is 0 Å². The van der Waals surface area contributed by atoms with Gasteiger partial charge in [0.2, 0.25) is 0 Å². The van der Waals surface area contributed by atoms with E-state index in [0.717, 1.165) is 0 Å². The summed E-state index contributed by atoms with van der Waals surface area (Å²) < 4.78 is 108. The lowest BCUT2D eigenvalue weighted by Crippen LogP contribution is -2.62. The lowest BCUT2D eigenvalue weighted by atomic mass is 9.90. The molecule has 0 aliphatic heterocycles. The van der Waals surface area contributed by atoms with E-state index in [2.05, 4.69) is 0 Å². The van der Waals surface area contributed by atoms with Crippen molar-refractivity contribution in [1.29, 1.82) is 0 Å². The lowest BCUT2D eigenvalue weighted by molar-refractivity contribution is -0.369. The smallest absolute Gasteiger partial charge is 0.378 e. The molecule has 2 nitrogen and oxygen atoms in total. The Morgan fingerprint density at radius 1 is 0.739 bits per heavy atom. The fourth-order valence-electron chi connectivity index (χ4n) is 1.89. The van der Waals surface area contributed by atoms with Crippen LogP contribution in [0.15, 0.2) is 0 Å². The van der Waals surface area contributed by atoms with Gasteiger partial charge in [0.25, 0.3) is 0 Å². The highest BCUT2D eigenvalue weighted by atomic mass is 19.4. The van der Waals surface area contributed by atoms with Crippen molar-refractivity contribution in [1.82, 2.24) is 0 Å². The summed E-state index contributed by atoms with van der Waals surface area (Å²) >= 11 is 0. The van der Waals surface area contributed by atoms with E-state index in [1.54, 1.807) is 6.92 Å².